The molecule has 2 aliphatic rings. The molecule has 0 radical (unpaired) electrons. The summed E-state index contributed by atoms with van der Waals surface area (Å²) < 4.78 is 5.44. The Morgan fingerprint density at radius 1 is 1.13 bits per heavy atom. The van der Waals surface area contributed by atoms with Crippen molar-refractivity contribution in [3.8, 4) is 0 Å². The van der Waals surface area contributed by atoms with Crippen LogP contribution < -0.4 is 5.32 Å². The predicted molar refractivity (Wildman–Crippen MR) is 59.8 cm³/mol. The Morgan fingerprint density at radius 2 is 2.07 bits per heavy atom. The van der Waals surface area contributed by atoms with E-state index in [9.17, 15) is 5.11 Å². The molecule has 3 atom stereocenters. The Hall–Kier alpha value is -0.120. The van der Waals surface area contributed by atoms with Gasteiger partial charge >= 0.3 is 0 Å². The molecule has 1 saturated carbocycles. The monoisotopic (exact) mass is 213 g/mol. The molecule has 88 valence electrons. The maximum atomic E-state index is 9.66. The zero-order valence-electron chi connectivity index (χ0n) is 9.45. The van der Waals surface area contributed by atoms with Crippen LogP contribution in [0.5, 0.6) is 0 Å². The molecule has 0 aromatic rings. The van der Waals surface area contributed by atoms with Crippen LogP contribution in [-0.2, 0) is 4.74 Å². The van der Waals surface area contributed by atoms with E-state index in [0.717, 1.165) is 32.7 Å². The van der Waals surface area contributed by atoms with E-state index in [1.807, 2.05) is 0 Å². The van der Waals surface area contributed by atoms with E-state index in [1.54, 1.807) is 0 Å². The van der Waals surface area contributed by atoms with Gasteiger partial charge in [-0.3, -0.25) is 0 Å². The second-order valence-electron chi connectivity index (χ2n) is 5.00. The summed E-state index contributed by atoms with van der Waals surface area (Å²) in [7, 11) is 0. The van der Waals surface area contributed by atoms with Gasteiger partial charge in [-0.2, -0.15) is 0 Å². The van der Waals surface area contributed by atoms with Crippen molar-refractivity contribution in [3.63, 3.8) is 0 Å². The maximum Gasteiger partial charge on any atom is 0.0580 e. The normalized spacial score (nSPS) is 37.0. The van der Waals surface area contributed by atoms with Crippen LogP contribution in [-0.4, -0.2) is 37.5 Å². The fourth-order valence-corrected chi connectivity index (χ4v) is 2.70. The smallest absolute Gasteiger partial charge is 0.0580 e. The Labute approximate surface area is 92.2 Å². The van der Waals surface area contributed by atoms with Crippen molar-refractivity contribution in [1.82, 2.24) is 5.32 Å². The van der Waals surface area contributed by atoms with Crippen LogP contribution >= 0.6 is 0 Å². The third-order valence-electron chi connectivity index (χ3n) is 3.71. The van der Waals surface area contributed by atoms with Gasteiger partial charge in [-0.15, -0.1) is 0 Å². The van der Waals surface area contributed by atoms with E-state index in [2.05, 4.69) is 5.32 Å². The molecule has 15 heavy (non-hydrogen) atoms. The zero-order chi connectivity index (χ0) is 10.5. The molecule has 2 rings (SSSR count). The Morgan fingerprint density at radius 3 is 2.73 bits per heavy atom. The molecule has 3 unspecified atom stereocenters. The van der Waals surface area contributed by atoms with Gasteiger partial charge in [0.2, 0.25) is 0 Å². The highest BCUT2D eigenvalue weighted by Gasteiger charge is 2.24. The lowest BCUT2D eigenvalue weighted by Gasteiger charge is -2.23. The second kappa shape index (κ2) is 5.83. The van der Waals surface area contributed by atoms with Crippen LogP contribution in [0.15, 0.2) is 0 Å². The van der Waals surface area contributed by atoms with Gasteiger partial charge in [-0.1, -0.05) is 6.42 Å². The highest BCUT2D eigenvalue weighted by atomic mass is 16.5. The molecule has 0 amide bonds. The number of ether oxygens (including phenoxy) is 1. The number of hydrogen-bond donors (Lipinski definition) is 2. The first-order valence-electron chi connectivity index (χ1n) is 6.33. The average Bonchev–Trinajstić information content (AvgIpc) is 2.66. The van der Waals surface area contributed by atoms with Gasteiger partial charge in [0.05, 0.1) is 12.7 Å². The zero-order valence-corrected chi connectivity index (χ0v) is 9.45. The topological polar surface area (TPSA) is 41.5 Å². The van der Waals surface area contributed by atoms with Crippen LogP contribution in [0.3, 0.4) is 0 Å². The second-order valence-corrected chi connectivity index (χ2v) is 5.00. The van der Waals surface area contributed by atoms with Gasteiger partial charge in [0.25, 0.3) is 0 Å². The van der Waals surface area contributed by atoms with Crippen LogP contribution in [0.25, 0.3) is 0 Å². The van der Waals surface area contributed by atoms with Crippen molar-refractivity contribution >= 4 is 0 Å². The summed E-state index contributed by atoms with van der Waals surface area (Å²) in [6.07, 6.45) is 5.83. The van der Waals surface area contributed by atoms with E-state index in [4.69, 9.17) is 4.74 Å². The molecule has 0 aromatic heterocycles. The summed E-state index contributed by atoms with van der Waals surface area (Å²) >= 11 is 0. The maximum absolute atomic E-state index is 9.66. The van der Waals surface area contributed by atoms with Crippen LogP contribution in [0.1, 0.15) is 32.1 Å². The van der Waals surface area contributed by atoms with E-state index in [1.165, 1.54) is 25.7 Å². The fourth-order valence-electron chi connectivity index (χ4n) is 2.70. The Balaban J connectivity index is 1.57. The van der Waals surface area contributed by atoms with Crippen molar-refractivity contribution in [2.45, 2.75) is 38.2 Å². The summed E-state index contributed by atoms with van der Waals surface area (Å²) in [6.45, 7) is 3.90. The number of hydrogen-bond acceptors (Lipinski definition) is 3. The quantitative estimate of drug-likeness (QED) is 0.736. The standard InChI is InChI=1S/C12H23NO2/c14-12-5-1-4-11(12)8-13-7-10-3-2-6-15-9-10/h10-14H,1-9H2. The van der Waals surface area contributed by atoms with Crippen molar-refractivity contribution in [2.24, 2.45) is 11.8 Å². The summed E-state index contributed by atoms with van der Waals surface area (Å²) in [5.41, 5.74) is 0. The van der Waals surface area contributed by atoms with Crippen LogP contribution in [0.4, 0.5) is 0 Å². The summed E-state index contributed by atoms with van der Waals surface area (Å²) in [4.78, 5) is 0. The molecule has 1 heterocycles. The number of rotatable bonds is 4. The highest BCUT2D eigenvalue weighted by molar-refractivity contribution is 4.78. The van der Waals surface area contributed by atoms with Crippen molar-refractivity contribution in [3.05, 3.63) is 0 Å². The van der Waals surface area contributed by atoms with Gasteiger partial charge in [0.15, 0.2) is 0 Å². The van der Waals surface area contributed by atoms with Crippen LogP contribution in [0.2, 0.25) is 0 Å². The number of nitrogens with one attached hydrogen (secondary N) is 1. The van der Waals surface area contributed by atoms with Gasteiger partial charge < -0.3 is 15.2 Å². The van der Waals surface area contributed by atoms with E-state index < -0.39 is 0 Å². The fraction of sp³-hybridized carbons (Fsp3) is 1.00. The average molecular weight is 213 g/mol. The van der Waals surface area contributed by atoms with E-state index >= 15 is 0 Å². The van der Waals surface area contributed by atoms with Crippen LogP contribution in [0, 0.1) is 11.8 Å². The molecule has 2 N–H and O–H groups in total. The number of aliphatic hydroxyl groups excluding tert-OH is 1. The summed E-state index contributed by atoms with van der Waals surface area (Å²) in [5, 5.41) is 13.1. The minimum Gasteiger partial charge on any atom is -0.393 e. The molecule has 1 aliphatic heterocycles. The first kappa shape index (κ1) is 11.4. The summed E-state index contributed by atoms with van der Waals surface area (Å²) in [5.74, 6) is 1.19. The third-order valence-corrected chi connectivity index (χ3v) is 3.71. The lowest BCUT2D eigenvalue weighted by molar-refractivity contribution is 0.0535. The minimum atomic E-state index is -0.0555. The van der Waals surface area contributed by atoms with Gasteiger partial charge in [0.1, 0.15) is 0 Å². The minimum absolute atomic E-state index is 0.0555. The first-order chi connectivity index (χ1) is 7.36. The van der Waals surface area contributed by atoms with E-state index in [-0.39, 0.29) is 6.10 Å². The highest BCUT2D eigenvalue weighted by Crippen LogP contribution is 2.24. The molecule has 0 bridgehead atoms. The molecular weight excluding hydrogens is 190 g/mol. The Kier molecular flexibility index (Phi) is 4.42. The van der Waals surface area contributed by atoms with Crippen molar-refractivity contribution in [2.75, 3.05) is 26.3 Å². The largest absolute Gasteiger partial charge is 0.393 e. The molecule has 3 nitrogen and oxygen atoms in total. The molecule has 3 heteroatoms. The summed E-state index contributed by atoms with van der Waals surface area (Å²) in [6, 6.07) is 0. The molecular formula is C12H23NO2. The molecule has 0 spiro atoms. The first-order valence-corrected chi connectivity index (χ1v) is 6.33. The van der Waals surface area contributed by atoms with E-state index in [0.29, 0.717) is 11.8 Å². The molecule has 1 saturated heterocycles. The molecule has 0 aromatic carbocycles. The number of aliphatic hydroxyl groups is 1. The SMILES string of the molecule is OC1CCCC1CNCC1CCCOC1. The lowest BCUT2D eigenvalue weighted by atomic mass is 10.0. The lowest BCUT2D eigenvalue weighted by Crippen LogP contribution is -2.34. The Bertz CT molecular complexity index is 180. The van der Waals surface area contributed by atoms with Gasteiger partial charge in [-0.05, 0) is 37.5 Å². The molecule has 2 fully saturated rings. The molecule has 1 aliphatic carbocycles. The third kappa shape index (κ3) is 3.44. The van der Waals surface area contributed by atoms with Crippen molar-refractivity contribution in [1.29, 1.82) is 0 Å². The predicted octanol–water partition coefficient (Wildman–Crippen LogP) is 1.16. The van der Waals surface area contributed by atoms with Crippen molar-refractivity contribution < 1.29 is 9.84 Å². The van der Waals surface area contributed by atoms with Gasteiger partial charge in [-0.25, -0.2) is 0 Å². The van der Waals surface area contributed by atoms with Gasteiger partial charge in [0, 0.05) is 19.7 Å².